The molecule has 35 heavy (non-hydrogen) atoms. The number of pyridine rings is 1. The molecule has 0 fully saturated rings. The van der Waals surface area contributed by atoms with Crippen LogP contribution in [0.2, 0.25) is 0 Å². The number of nitrogens with zero attached hydrogens (tertiary/aromatic N) is 3. The van der Waals surface area contributed by atoms with Crippen molar-refractivity contribution >= 4 is 11.5 Å². The van der Waals surface area contributed by atoms with E-state index in [9.17, 15) is 4.39 Å². The molecular formula is C29H22FN3O2. The van der Waals surface area contributed by atoms with E-state index in [-0.39, 0.29) is 12.8 Å². The van der Waals surface area contributed by atoms with Crippen LogP contribution in [0, 0.1) is 12.9 Å². The topological polar surface area (TPSA) is 47.0 Å². The van der Waals surface area contributed by atoms with Crippen molar-refractivity contribution in [2.24, 2.45) is 4.99 Å². The van der Waals surface area contributed by atoms with Gasteiger partial charge in [0, 0.05) is 17.3 Å². The summed E-state index contributed by atoms with van der Waals surface area (Å²) >= 11 is 0. The first-order valence-electron chi connectivity index (χ1n) is 11.4. The van der Waals surface area contributed by atoms with Crippen LogP contribution in [0.15, 0.2) is 108 Å². The van der Waals surface area contributed by atoms with Crippen LogP contribution < -0.4 is 4.90 Å². The van der Waals surface area contributed by atoms with Crippen LogP contribution in [0.25, 0.3) is 11.1 Å². The van der Waals surface area contributed by atoms with Crippen molar-refractivity contribution < 1.29 is 13.9 Å². The molecule has 0 radical (unpaired) electrons. The van der Waals surface area contributed by atoms with E-state index >= 15 is 0 Å². The maximum absolute atomic E-state index is 14.4. The highest BCUT2D eigenvalue weighted by molar-refractivity contribution is 6.14. The molecule has 0 saturated carbocycles. The minimum absolute atomic E-state index is 0.161. The Morgan fingerprint density at radius 2 is 1.77 bits per heavy atom. The lowest BCUT2D eigenvalue weighted by atomic mass is 9.95. The monoisotopic (exact) mass is 463 g/mol. The molecule has 0 aliphatic carbocycles. The van der Waals surface area contributed by atoms with Crippen LogP contribution >= 0.6 is 0 Å². The predicted molar refractivity (Wildman–Crippen MR) is 133 cm³/mol. The number of ether oxygens (including phenoxy) is 2. The highest BCUT2D eigenvalue weighted by atomic mass is 19.1. The third-order valence-corrected chi connectivity index (χ3v) is 6.17. The Morgan fingerprint density at radius 1 is 0.914 bits per heavy atom. The van der Waals surface area contributed by atoms with Crippen molar-refractivity contribution in [3.05, 3.63) is 131 Å². The number of amidine groups is 1. The summed E-state index contributed by atoms with van der Waals surface area (Å²) in [6.45, 7) is 2.22. The Labute approximate surface area is 202 Å². The van der Waals surface area contributed by atoms with Crippen molar-refractivity contribution in [3.63, 3.8) is 0 Å². The minimum atomic E-state index is -0.489. The van der Waals surface area contributed by atoms with E-state index in [2.05, 4.69) is 36.2 Å². The highest BCUT2D eigenvalue weighted by Crippen LogP contribution is 2.39. The molecule has 0 N–H and O–H groups in total. The summed E-state index contributed by atoms with van der Waals surface area (Å²) < 4.78 is 25.6. The molecule has 2 aliphatic heterocycles. The molecular weight excluding hydrogens is 441 g/mol. The van der Waals surface area contributed by atoms with Gasteiger partial charge in [0.15, 0.2) is 0 Å². The number of benzene rings is 3. The molecule has 4 aromatic rings. The fourth-order valence-corrected chi connectivity index (χ4v) is 4.58. The number of rotatable bonds is 4. The Hall–Kier alpha value is -4.45. The van der Waals surface area contributed by atoms with Gasteiger partial charge in [-0.05, 0) is 59.5 Å². The van der Waals surface area contributed by atoms with Crippen molar-refractivity contribution in [2.45, 2.75) is 13.0 Å². The van der Waals surface area contributed by atoms with Gasteiger partial charge in [0.2, 0.25) is 18.6 Å². The molecule has 6 rings (SSSR count). The zero-order valence-electron chi connectivity index (χ0n) is 19.1. The second-order valence-corrected chi connectivity index (χ2v) is 8.47. The molecule has 0 spiro atoms. The number of fused-ring (bicyclic) bond motifs is 1. The molecule has 172 valence electrons. The second kappa shape index (κ2) is 8.72. The van der Waals surface area contributed by atoms with Crippen LogP contribution in [0.3, 0.4) is 0 Å². The number of anilines is 1. The average molecular weight is 464 g/mol. The minimum Gasteiger partial charge on any atom is -0.459 e. The lowest BCUT2D eigenvalue weighted by molar-refractivity contribution is 0.0801. The lowest BCUT2D eigenvalue weighted by Gasteiger charge is -2.24. The summed E-state index contributed by atoms with van der Waals surface area (Å²) in [5, 5.41) is 0. The molecule has 3 heterocycles. The summed E-state index contributed by atoms with van der Waals surface area (Å²) in [7, 11) is 0. The van der Waals surface area contributed by atoms with Gasteiger partial charge >= 0.3 is 0 Å². The van der Waals surface area contributed by atoms with Crippen molar-refractivity contribution in [1.29, 1.82) is 0 Å². The number of hydrogen-bond acceptors (Lipinski definition) is 5. The molecule has 0 saturated heterocycles. The van der Waals surface area contributed by atoms with E-state index in [0.29, 0.717) is 11.4 Å². The van der Waals surface area contributed by atoms with Gasteiger partial charge < -0.3 is 9.47 Å². The van der Waals surface area contributed by atoms with Gasteiger partial charge in [-0.1, -0.05) is 54.6 Å². The fourth-order valence-electron chi connectivity index (χ4n) is 4.58. The summed E-state index contributed by atoms with van der Waals surface area (Å²) in [5.41, 5.74) is 6.34. The van der Waals surface area contributed by atoms with Crippen LogP contribution in [-0.4, -0.2) is 17.6 Å². The first kappa shape index (κ1) is 21.1. The molecule has 1 atom stereocenters. The first-order valence-corrected chi connectivity index (χ1v) is 11.4. The molecule has 2 aliphatic rings. The normalized spacial score (nSPS) is 16.1. The van der Waals surface area contributed by atoms with Gasteiger partial charge in [-0.3, -0.25) is 9.89 Å². The van der Waals surface area contributed by atoms with E-state index in [1.54, 1.807) is 18.4 Å². The first-order chi connectivity index (χ1) is 17.2. The summed E-state index contributed by atoms with van der Waals surface area (Å²) in [4.78, 5) is 11.0. The quantitative estimate of drug-likeness (QED) is 0.331. The van der Waals surface area contributed by atoms with Gasteiger partial charge in [0.1, 0.15) is 18.1 Å². The van der Waals surface area contributed by atoms with Gasteiger partial charge in [-0.25, -0.2) is 4.98 Å². The largest absolute Gasteiger partial charge is 0.459 e. The number of hydrogen-bond donors (Lipinski definition) is 0. The molecule has 0 bridgehead atoms. The van der Waals surface area contributed by atoms with E-state index in [4.69, 9.17) is 14.5 Å². The van der Waals surface area contributed by atoms with Crippen LogP contribution in [0.1, 0.15) is 28.3 Å². The van der Waals surface area contributed by atoms with Gasteiger partial charge in [-0.2, -0.15) is 4.39 Å². The Morgan fingerprint density at radius 3 is 2.60 bits per heavy atom. The molecule has 1 aromatic heterocycles. The molecule has 0 amide bonds. The maximum atomic E-state index is 14.4. The van der Waals surface area contributed by atoms with Crippen molar-refractivity contribution in [3.8, 4) is 11.1 Å². The highest BCUT2D eigenvalue weighted by Gasteiger charge is 2.33. The van der Waals surface area contributed by atoms with E-state index in [1.165, 1.54) is 6.20 Å². The number of aryl methyl sites for hydroxylation is 1. The average Bonchev–Trinajstić information content (AvgIpc) is 3.54. The SMILES string of the molecule is Cc1cccc(N(C2=COCO2)C2=NC(c3cccc(-c4cccnc4F)c3)c3ccccc32)c1. The summed E-state index contributed by atoms with van der Waals surface area (Å²) in [6, 6.07) is 27.4. The van der Waals surface area contributed by atoms with Crippen LogP contribution in [0.4, 0.5) is 10.1 Å². The third kappa shape index (κ3) is 3.83. The van der Waals surface area contributed by atoms with Crippen molar-refractivity contribution in [1.82, 2.24) is 4.98 Å². The van der Waals surface area contributed by atoms with Gasteiger partial charge in [0.25, 0.3) is 0 Å². The smallest absolute Gasteiger partial charge is 0.238 e. The van der Waals surface area contributed by atoms with Crippen LogP contribution in [0.5, 0.6) is 0 Å². The summed E-state index contributed by atoms with van der Waals surface area (Å²) in [6.07, 6.45) is 3.07. The molecule has 6 heteroatoms. The van der Waals surface area contributed by atoms with Crippen LogP contribution in [-0.2, 0) is 9.47 Å². The lowest BCUT2D eigenvalue weighted by Crippen LogP contribution is -2.30. The molecule has 5 nitrogen and oxygen atoms in total. The Balaban J connectivity index is 1.49. The third-order valence-electron chi connectivity index (χ3n) is 6.17. The van der Waals surface area contributed by atoms with E-state index in [0.717, 1.165) is 39.3 Å². The van der Waals surface area contributed by atoms with Crippen molar-refractivity contribution in [2.75, 3.05) is 11.7 Å². The zero-order chi connectivity index (χ0) is 23.8. The predicted octanol–water partition coefficient (Wildman–Crippen LogP) is 6.36. The number of aliphatic imine (C=N–C) groups is 1. The summed E-state index contributed by atoms with van der Waals surface area (Å²) in [5.74, 6) is 0.860. The fraction of sp³-hybridized carbons (Fsp3) is 0.103. The zero-order valence-corrected chi connectivity index (χ0v) is 19.1. The molecule has 3 aromatic carbocycles. The molecule has 1 unspecified atom stereocenters. The number of halogens is 1. The Kier molecular flexibility index (Phi) is 5.26. The van der Waals surface area contributed by atoms with E-state index in [1.807, 2.05) is 53.4 Å². The second-order valence-electron chi connectivity index (χ2n) is 8.47. The standard InChI is InChI=1S/C29H22FN3O2/c1-19-7-4-10-22(15-19)33(26-17-34-18-35-26)29-25-12-3-2-11-24(25)27(32-29)21-9-5-8-20(16-21)23-13-6-14-31-28(23)30/h2-17,27H,18H2,1H3. The number of aromatic nitrogens is 1. The van der Waals surface area contributed by atoms with Gasteiger partial charge in [0.05, 0.1) is 5.69 Å². The van der Waals surface area contributed by atoms with E-state index < -0.39 is 5.95 Å². The maximum Gasteiger partial charge on any atom is 0.238 e. The Bertz CT molecular complexity index is 1480. The van der Waals surface area contributed by atoms with Gasteiger partial charge in [-0.15, -0.1) is 0 Å².